The highest BCUT2D eigenvalue weighted by Gasteiger charge is 2.60. The van der Waals surface area contributed by atoms with Crippen LogP contribution in [0.3, 0.4) is 0 Å². The van der Waals surface area contributed by atoms with Gasteiger partial charge in [0, 0.05) is 35.6 Å². The molecule has 0 bridgehead atoms. The van der Waals surface area contributed by atoms with Gasteiger partial charge in [0.15, 0.2) is 0 Å². The standard InChI is InChI=1S/C16H20N4O4/c1-3-23-15(21)13-11(9-5-17-7-19-9)12(10-6-18-8-20-10)14(13)16(22)24-4-2/h5-8,11-14H,3-4H2,1-2H3,(H,17,19)(H,18,20)/t11-,12-,13-,14-/m1/s1. The number of rotatable bonds is 6. The molecule has 2 heterocycles. The molecule has 4 atom stereocenters. The third-order valence-corrected chi connectivity index (χ3v) is 4.42. The summed E-state index contributed by atoms with van der Waals surface area (Å²) in [5, 5.41) is 0. The number of esters is 2. The topological polar surface area (TPSA) is 110 Å². The lowest BCUT2D eigenvalue weighted by Crippen LogP contribution is -2.52. The lowest BCUT2D eigenvalue weighted by atomic mass is 9.54. The van der Waals surface area contributed by atoms with Gasteiger partial charge in [-0.05, 0) is 13.8 Å². The Morgan fingerprint density at radius 3 is 1.62 bits per heavy atom. The highest BCUT2D eigenvalue weighted by Crippen LogP contribution is 2.57. The number of aromatic nitrogens is 4. The molecule has 0 spiro atoms. The minimum atomic E-state index is -0.613. The molecule has 0 unspecified atom stereocenters. The van der Waals surface area contributed by atoms with Gasteiger partial charge in [0.25, 0.3) is 0 Å². The molecule has 1 fully saturated rings. The summed E-state index contributed by atoms with van der Waals surface area (Å²) in [6.45, 7) is 4.01. The first kappa shape index (κ1) is 16.2. The normalized spacial score (nSPS) is 25.8. The Balaban J connectivity index is 1.99. The van der Waals surface area contributed by atoms with E-state index in [-0.39, 0.29) is 25.0 Å². The van der Waals surface area contributed by atoms with E-state index in [1.54, 1.807) is 38.9 Å². The van der Waals surface area contributed by atoms with Crippen molar-refractivity contribution in [2.75, 3.05) is 13.2 Å². The van der Waals surface area contributed by atoms with E-state index >= 15 is 0 Å². The molecule has 128 valence electrons. The van der Waals surface area contributed by atoms with Gasteiger partial charge in [-0.2, -0.15) is 0 Å². The largest absolute Gasteiger partial charge is 0.466 e. The maximum absolute atomic E-state index is 12.5. The molecular formula is C16H20N4O4. The predicted molar refractivity (Wildman–Crippen MR) is 82.9 cm³/mol. The Kier molecular flexibility index (Phi) is 4.64. The van der Waals surface area contributed by atoms with Crippen LogP contribution in [0.4, 0.5) is 0 Å². The first-order valence-corrected chi connectivity index (χ1v) is 7.98. The SMILES string of the molecule is CCOC(=O)[C@H]1[C@H](C(=O)OCC)[C@H](c2cnc[nH]2)[C@H]1c1cnc[nH]1. The van der Waals surface area contributed by atoms with E-state index in [9.17, 15) is 9.59 Å². The Morgan fingerprint density at radius 1 is 0.917 bits per heavy atom. The van der Waals surface area contributed by atoms with Crippen LogP contribution in [-0.4, -0.2) is 45.1 Å². The first-order chi connectivity index (χ1) is 11.7. The molecule has 2 aromatic heterocycles. The number of carbonyl (C=O) groups excluding carboxylic acids is 2. The van der Waals surface area contributed by atoms with Crippen LogP contribution in [0.25, 0.3) is 0 Å². The Labute approximate surface area is 139 Å². The van der Waals surface area contributed by atoms with Gasteiger partial charge in [0.05, 0.1) is 37.7 Å². The molecule has 1 saturated carbocycles. The molecule has 1 aliphatic carbocycles. The molecular weight excluding hydrogens is 312 g/mol. The number of aromatic amines is 2. The lowest BCUT2D eigenvalue weighted by Gasteiger charge is -2.47. The lowest BCUT2D eigenvalue weighted by molar-refractivity contribution is -0.171. The molecule has 0 amide bonds. The van der Waals surface area contributed by atoms with Crippen LogP contribution in [0, 0.1) is 11.8 Å². The second-order valence-corrected chi connectivity index (χ2v) is 5.62. The number of nitrogens with zero attached hydrogens (tertiary/aromatic N) is 2. The van der Waals surface area contributed by atoms with Crippen LogP contribution in [0.15, 0.2) is 25.0 Å². The van der Waals surface area contributed by atoms with E-state index in [1.807, 2.05) is 0 Å². The Bertz CT molecular complexity index is 623. The highest BCUT2D eigenvalue weighted by atomic mass is 16.5. The number of carbonyl (C=O) groups is 2. The maximum Gasteiger partial charge on any atom is 0.310 e. The molecule has 2 N–H and O–H groups in total. The fourth-order valence-corrected chi connectivity index (χ4v) is 3.48. The van der Waals surface area contributed by atoms with E-state index in [0.29, 0.717) is 0 Å². The average molecular weight is 332 g/mol. The van der Waals surface area contributed by atoms with Crippen LogP contribution in [0.5, 0.6) is 0 Å². The van der Waals surface area contributed by atoms with E-state index in [2.05, 4.69) is 19.9 Å². The summed E-state index contributed by atoms with van der Waals surface area (Å²) in [7, 11) is 0. The molecule has 0 saturated heterocycles. The third-order valence-electron chi connectivity index (χ3n) is 4.42. The van der Waals surface area contributed by atoms with Crippen LogP contribution < -0.4 is 0 Å². The monoisotopic (exact) mass is 332 g/mol. The molecule has 1 aliphatic rings. The summed E-state index contributed by atoms with van der Waals surface area (Å²) in [5.74, 6) is -2.52. The Morgan fingerprint density at radius 2 is 1.33 bits per heavy atom. The fourth-order valence-electron chi connectivity index (χ4n) is 3.48. The predicted octanol–water partition coefficient (Wildman–Crippen LogP) is 1.37. The van der Waals surface area contributed by atoms with Crippen LogP contribution in [0.1, 0.15) is 37.1 Å². The van der Waals surface area contributed by atoms with E-state index in [0.717, 1.165) is 11.4 Å². The third kappa shape index (κ3) is 2.68. The van der Waals surface area contributed by atoms with Gasteiger partial charge in [-0.25, -0.2) is 9.97 Å². The number of H-pyrrole nitrogens is 2. The van der Waals surface area contributed by atoms with Crippen molar-refractivity contribution in [3.8, 4) is 0 Å². The summed E-state index contributed by atoms with van der Waals surface area (Å²) < 4.78 is 10.4. The number of nitrogens with one attached hydrogen (secondary N) is 2. The minimum absolute atomic E-state index is 0.249. The number of hydrogen-bond acceptors (Lipinski definition) is 6. The smallest absolute Gasteiger partial charge is 0.310 e. The van der Waals surface area contributed by atoms with Gasteiger partial charge in [-0.3, -0.25) is 9.59 Å². The van der Waals surface area contributed by atoms with Gasteiger partial charge in [-0.15, -0.1) is 0 Å². The van der Waals surface area contributed by atoms with Crippen molar-refractivity contribution in [2.24, 2.45) is 11.8 Å². The summed E-state index contributed by atoms with van der Waals surface area (Å²) >= 11 is 0. The zero-order valence-corrected chi connectivity index (χ0v) is 13.6. The van der Waals surface area contributed by atoms with Crippen LogP contribution in [-0.2, 0) is 19.1 Å². The summed E-state index contributed by atoms with van der Waals surface area (Å²) in [4.78, 5) is 39.1. The van der Waals surface area contributed by atoms with E-state index < -0.39 is 23.8 Å². The number of imidazole rings is 2. The van der Waals surface area contributed by atoms with Crippen molar-refractivity contribution in [2.45, 2.75) is 25.7 Å². The van der Waals surface area contributed by atoms with Crippen molar-refractivity contribution in [3.05, 3.63) is 36.4 Å². The quantitative estimate of drug-likeness (QED) is 0.773. The summed E-state index contributed by atoms with van der Waals surface area (Å²) in [6, 6.07) is 0. The average Bonchev–Trinajstić information content (AvgIpc) is 3.20. The molecule has 0 radical (unpaired) electrons. The van der Waals surface area contributed by atoms with Gasteiger partial charge in [0.1, 0.15) is 0 Å². The van der Waals surface area contributed by atoms with E-state index in [4.69, 9.17) is 9.47 Å². The second kappa shape index (κ2) is 6.86. The zero-order valence-electron chi connectivity index (χ0n) is 13.6. The van der Waals surface area contributed by atoms with Crippen molar-refractivity contribution in [3.63, 3.8) is 0 Å². The number of hydrogen-bond donors (Lipinski definition) is 2. The summed E-state index contributed by atoms with van der Waals surface area (Å²) in [5.41, 5.74) is 1.57. The van der Waals surface area contributed by atoms with Crippen molar-refractivity contribution < 1.29 is 19.1 Å². The Hall–Kier alpha value is -2.64. The molecule has 3 rings (SSSR count). The molecule has 0 aliphatic heterocycles. The molecule has 0 aromatic carbocycles. The first-order valence-electron chi connectivity index (χ1n) is 7.98. The van der Waals surface area contributed by atoms with Crippen molar-refractivity contribution in [1.29, 1.82) is 0 Å². The van der Waals surface area contributed by atoms with Crippen molar-refractivity contribution in [1.82, 2.24) is 19.9 Å². The van der Waals surface area contributed by atoms with Gasteiger partial charge < -0.3 is 19.4 Å². The van der Waals surface area contributed by atoms with Gasteiger partial charge >= 0.3 is 11.9 Å². The van der Waals surface area contributed by atoms with Crippen LogP contribution >= 0.6 is 0 Å². The zero-order chi connectivity index (χ0) is 17.1. The van der Waals surface area contributed by atoms with Gasteiger partial charge in [0.2, 0.25) is 0 Å². The molecule has 2 aromatic rings. The van der Waals surface area contributed by atoms with Gasteiger partial charge in [-0.1, -0.05) is 0 Å². The van der Waals surface area contributed by atoms with Crippen molar-refractivity contribution >= 4 is 11.9 Å². The highest BCUT2D eigenvalue weighted by molar-refractivity contribution is 5.87. The van der Waals surface area contributed by atoms with Crippen LogP contribution in [0.2, 0.25) is 0 Å². The number of ether oxygens (including phenoxy) is 2. The molecule has 8 nitrogen and oxygen atoms in total. The molecule has 24 heavy (non-hydrogen) atoms. The maximum atomic E-state index is 12.5. The minimum Gasteiger partial charge on any atom is -0.466 e. The van der Waals surface area contributed by atoms with E-state index in [1.165, 1.54) is 0 Å². The summed E-state index contributed by atoms with van der Waals surface area (Å²) in [6.07, 6.45) is 6.45. The fraction of sp³-hybridized carbons (Fsp3) is 0.500. The molecule has 8 heteroatoms. The second-order valence-electron chi connectivity index (χ2n) is 5.62.